The van der Waals surface area contributed by atoms with Gasteiger partial charge in [0.05, 0.1) is 7.11 Å². The van der Waals surface area contributed by atoms with Crippen LogP contribution in [0, 0.1) is 0 Å². The molecular formula is C27H32ClNO3. The van der Waals surface area contributed by atoms with E-state index in [-0.39, 0.29) is 18.2 Å². The molecule has 0 spiro atoms. The predicted molar refractivity (Wildman–Crippen MR) is 135 cm³/mol. The molecule has 3 rings (SSSR count). The molecule has 0 amide bonds. The fourth-order valence-electron chi connectivity index (χ4n) is 3.59. The Morgan fingerprint density at radius 1 is 0.875 bits per heavy atom. The Balaban J connectivity index is 0.00000363. The summed E-state index contributed by atoms with van der Waals surface area (Å²) >= 11 is 0. The second kappa shape index (κ2) is 12.2. The number of allylic oxidation sites excluding steroid dienone is 1. The number of phenolic OH excluding ortho intramolecular Hbond substituents is 1. The molecule has 0 aromatic heterocycles. The first-order valence-corrected chi connectivity index (χ1v) is 10.6. The fourth-order valence-corrected chi connectivity index (χ4v) is 3.59. The summed E-state index contributed by atoms with van der Waals surface area (Å²) in [5, 5.41) is 10.3. The van der Waals surface area contributed by atoms with Crippen LogP contribution in [0.15, 0.2) is 72.8 Å². The van der Waals surface area contributed by atoms with Crippen molar-refractivity contribution in [2.75, 3.05) is 34.4 Å². The molecule has 0 unspecified atom stereocenters. The summed E-state index contributed by atoms with van der Waals surface area (Å²) in [6.07, 6.45) is 0.817. The maximum absolute atomic E-state index is 10.3. The minimum atomic E-state index is 0. The highest BCUT2D eigenvalue weighted by Gasteiger charge is 2.14. The Morgan fingerprint density at radius 3 is 2.06 bits per heavy atom. The van der Waals surface area contributed by atoms with Crippen LogP contribution in [0.1, 0.15) is 30.0 Å². The summed E-state index contributed by atoms with van der Waals surface area (Å²) in [6, 6.07) is 24.2. The van der Waals surface area contributed by atoms with Gasteiger partial charge >= 0.3 is 0 Å². The highest BCUT2D eigenvalue weighted by molar-refractivity contribution is 5.98. The molecule has 0 heterocycles. The van der Waals surface area contributed by atoms with Crippen molar-refractivity contribution in [3.05, 3.63) is 89.5 Å². The van der Waals surface area contributed by atoms with E-state index < -0.39 is 0 Å². The average molecular weight is 454 g/mol. The Kier molecular flexibility index (Phi) is 9.63. The zero-order valence-electron chi connectivity index (χ0n) is 19.2. The lowest BCUT2D eigenvalue weighted by Gasteiger charge is -2.17. The van der Waals surface area contributed by atoms with Crippen molar-refractivity contribution >= 4 is 23.6 Å². The summed E-state index contributed by atoms with van der Waals surface area (Å²) in [5.41, 5.74) is 5.53. The van der Waals surface area contributed by atoms with Crippen LogP contribution >= 0.6 is 12.4 Å². The van der Waals surface area contributed by atoms with Gasteiger partial charge in [-0.3, -0.25) is 0 Å². The number of halogens is 1. The third-order valence-electron chi connectivity index (χ3n) is 5.20. The van der Waals surface area contributed by atoms with Crippen molar-refractivity contribution in [1.29, 1.82) is 0 Å². The highest BCUT2D eigenvalue weighted by atomic mass is 35.5. The van der Waals surface area contributed by atoms with Gasteiger partial charge in [0, 0.05) is 6.54 Å². The van der Waals surface area contributed by atoms with E-state index in [2.05, 4.69) is 36.1 Å². The smallest absolute Gasteiger partial charge is 0.160 e. The first-order valence-electron chi connectivity index (χ1n) is 10.6. The molecule has 0 bridgehead atoms. The molecule has 0 aliphatic heterocycles. The Bertz CT molecular complexity index is 1010. The zero-order chi connectivity index (χ0) is 22.2. The SMILES string of the molecule is CC/C(=C(\c1ccccc1)c1ccc(OCCN(C)C)cc1)c1ccc(OC)c(O)c1.Cl. The lowest BCUT2D eigenvalue weighted by atomic mass is 9.88. The van der Waals surface area contributed by atoms with E-state index in [9.17, 15) is 5.11 Å². The molecule has 0 atom stereocenters. The van der Waals surface area contributed by atoms with E-state index in [1.54, 1.807) is 13.2 Å². The van der Waals surface area contributed by atoms with Gasteiger partial charge in [0.2, 0.25) is 0 Å². The lowest BCUT2D eigenvalue weighted by Crippen LogP contribution is -2.19. The van der Waals surface area contributed by atoms with Gasteiger partial charge in [0.15, 0.2) is 11.5 Å². The van der Waals surface area contributed by atoms with Crippen molar-refractivity contribution in [1.82, 2.24) is 4.90 Å². The van der Waals surface area contributed by atoms with E-state index in [0.717, 1.165) is 46.6 Å². The average Bonchev–Trinajstić information content (AvgIpc) is 2.78. The lowest BCUT2D eigenvalue weighted by molar-refractivity contribution is 0.261. The van der Waals surface area contributed by atoms with E-state index in [1.165, 1.54) is 0 Å². The van der Waals surface area contributed by atoms with Gasteiger partial charge in [0.1, 0.15) is 12.4 Å². The van der Waals surface area contributed by atoms with Crippen LogP contribution in [0.5, 0.6) is 17.2 Å². The molecule has 0 radical (unpaired) electrons. The second-order valence-corrected chi connectivity index (χ2v) is 7.64. The Morgan fingerprint density at radius 2 is 1.50 bits per heavy atom. The monoisotopic (exact) mass is 453 g/mol. The van der Waals surface area contributed by atoms with Crippen LogP contribution in [-0.4, -0.2) is 44.4 Å². The molecule has 170 valence electrons. The molecule has 3 aromatic carbocycles. The number of hydrogen-bond acceptors (Lipinski definition) is 4. The number of benzene rings is 3. The van der Waals surface area contributed by atoms with Crippen LogP contribution in [0.3, 0.4) is 0 Å². The number of nitrogens with zero attached hydrogens (tertiary/aromatic N) is 1. The standard InChI is InChI=1S/C27H31NO3.ClH/c1-5-24(22-13-16-26(30-4)25(29)19-22)27(20-9-7-6-8-10-20)21-11-14-23(15-12-21)31-18-17-28(2)3;/h6-16,19,29H,5,17-18H2,1-4H3;1H/b27-24-;. The summed E-state index contributed by atoms with van der Waals surface area (Å²) in [6.45, 7) is 3.66. The van der Waals surface area contributed by atoms with Gasteiger partial charge in [-0.1, -0.05) is 55.5 Å². The molecular weight excluding hydrogens is 422 g/mol. The van der Waals surface area contributed by atoms with Crippen molar-refractivity contribution in [3.8, 4) is 17.2 Å². The molecule has 1 N–H and O–H groups in total. The number of hydrogen-bond donors (Lipinski definition) is 1. The maximum Gasteiger partial charge on any atom is 0.160 e. The minimum absolute atomic E-state index is 0. The van der Waals surface area contributed by atoms with Crippen LogP contribution in [-0.2, 0) is 0 Å². The number of rotatable bonds is 9. The van der Waals surface area contributed by atoms with Crippen LogP contribution in [0.2, 0.25) is 0 Å². The minimum Gasteiger partial charge on any atom is -0.504 e. The van der Waals surface area contributed by atoms with Gasteiger partial charge in [0.25, 0.3) is 0 Å². The first-order chi connectivity index (χ1) is 15.0. The number of phenols is 1. The molecule has 32 heavy (non-hydrogen) atoms. The van der Waals surface area contributed by atoms with Gasteiger partial charge in [-0.25, -0.2) is 0 Å². The van der Waals surface area contributed by atoms with E-state index >= 15 is 0 Å². The van der Waals surface area contributed by atoms with E-state index in [4.69, 9.17) is 9.47 Å². The first kappa shape index (κ1) is 25.3. The Hall–Kier alpha value is -2.95. The molecule has 5 heteroatoms. The second-order valence-electron chi connectivity index (χ2n) is 7.64. The molecule has 0 aliphatic carbocycles. The topological polar surface area (TPSA) is 41.9 Å². The number of likely N-dealkylation sites (N-methyl/N-ethyl adjacent to an activating group) is 1. The predicted octanol–water partition coefficient (Wildman–Crippen LogP) is 6.13. The molecule has 0 saturated heterocycles. The molecule has 0 saturated carbocycles. The van der Waals surface area contributed by atoms with Gasteiger partial charge in [-0.15, -0.1) is 12.4 Å². The van der Waals surface area contributed by atoms with Crippen LogP contribution < -0.4 is 9.47 Å². The third-order valence-corrected chi connectivity index (χ3v) is 5.20. The van der Waals surface area contributed by atoms with Crippen molar-refractivity contribution in [2.45, 2.75) is 13.3 Å². The van der Waals surface area contributed by atoms with Gasteiger partial charge < -0.3 is 19.5 Å². The van der Waals surface area contributed by atoms with Crippen LogP contribution in [0.4, 0.5) is 0 Å². The molecule has 0 fully saturated rings. The quantitative estimate of drug-likeness (QED) is 0.395. The summed E-state index contributed by atoms with van der Waals surface area (Å²) < 4.78 is 11.1. The number of methoxy groups -OCH3 is 1. The van der Waals surface area contributed by atoms with Crippen LogP contribution in [0.25, 0.3) is 11.1 Å². The molecule has 0 aliphatic rings. The van der Waals surface area contributed by atoms with Gasteiger partial charge in [-0.2, -0.15) is 0 Å². The number of aromatic hydroxyl groups is 1. The zero-order valence-corrected chi connectivity index (χ0v) is 20.0. The van der Waals surface area contributed by atoms with Gasteiger partial charge in [-0.05, 0) is 72.6 Å². The van der Waals surface area contributed by atoms with E-state index in [0.29, 0.717) is 12.4 Å². The normalized spacial score (nSPS) is 11.5. The molecule has 4 nitrogen and oxygen atoms in total. The van der Waals surface area contributed by atoms with Crippen molar-refractivity contribution < 1.29 is 14.6 Å². The largest absolute Gasteiger partial charge is 0.504 e. The van der Waals surface area contributed by atoms with Crippen molar-refractivity contribution in [2.24, 2.45) is 0 Å². The maximum atomic E-state index is 10.3. The number of ether oxygens (including phenoxy) is 2. The van der Waals surface area contributed by atoms with E-state index in [1.807, 2.05) is 56.6 Å². The third kappa shape index (κ3) is 6.28. The van der Waals surface area contributed by atoms with Crippen molar-refractivity contribution in [3.63, 3.8) is 0 Å². The summed E-state index contributed by atoms with van der Waals surface area (Å²) in [7, 11) is 5.63. The summed E-state index contributed by atoms with van der Waals surface area (Å²) in [5.74, 6) is 1.47. The molecule has 3 aromatic rings. The fraction of sp³-hybridized carbons (Fsp3) is 0.259. The Labute approximate surface area is 197 Å². The highest BCUT2D eigenvalue weighted by Crippen LogP contribution is 2.37. The summed E-state index contributed by atoms with van der Waals surface area (Å²) in [4.78, 5) is 2.10.